The summed E-state index contributed by atoms with van der Waals surface area (Å²) in [5.74, 6) is -1.04. The average molecular weight is 506 g/mol. The highest BCUT2D eigenvalue weighted by atomic mass is 35.5. The van der Waals surface area contributed by atoms with E-state index in [0.29, 0.717) is 6.07 Å². The number of rotatable bonds is 6. The summed E-state index contributed by atoms with van der Waals surface area (Å²) in [4.78, 5) is 10.3. The predicted octanol–water partition coefficient (Wildman–Crippen LogP) is 6.30. The summed E-state index contributed by atoms with van der Waals surface area (Å²) in [6.45, 7) is 0. The Morgan fingerprint density at radius 3 is 2.22 bits per heavy atom. The van der Waals surface area contributed by atoms with Crippen molar-refractivity contribution in [3.05, 3.63) is 81.8 Å². The fourth-order valence-corrected chi connectivity index (χ4v) is 4.03. The summed E-state index contributed by atoms with van der Waals surface area (Å²) in [5, 5.41) is 8.50. The Balaban J connectivity index is 1.94. The van der Waals surface area contributed by atoms with Crippen molar-refractivity contribution in [2.75, 3.05) is 4.72 Å². The molecule has 3 aromatic carbocycles. The maximum absolute atomic E-state index is 13.1. The zero-order valence-electron chi connectivity index (χ0n) is 15.7. The molecule has 2 N–H and O–H groups in total. The number of anilines is 1. The molecule has 0 saturated carbocycles. The highest BCUT2D eigenvalue weighted by Crippen LogP contribution is 2.37. The number of alkyl halides is 3. The molecule has 0 fully saturated rings. The summed E-state index contributed by atoms with van der Waals surface area (Å²) < 4.78 is 72.5. The second-order valence-electron chi connectivity index (χ2n) is 6.32. The van der Waals surface area contributed by atoms with Gasteiger partial charge in [-0.2, -0.15) is 13.2 Å². The Morgan fingerprint density at radius 1 is 0.969 bits per heavy atom. The topological polar surface area (TPSA) is 92.7 Å². The molecule has 0 radical (unpaired) electrons. The Morgan fingerprint density at radius 2 is 1.62 bits per heavy atom. The van der Waals surface area contributed by atoms with Gasteiger partial charge in [-0.25, -0.2) is 13.2 Å². The zero-order chi connectivity index (χ0) is 23.7. The van der Waals surface area contributed by atoms with Gasteiger partial charge in [-0.3, -0.25) is 4.72 Å². The molecular formula is C20H12Cl2F3NO5S. The van der Waals surface area contributed by atoms with Crippen LogP contribution in [0.2, 0.25) is 10.0 Å². The van der Waals surface area contributed by atoms with Crippen LogP contribution >= 0.6 is 23.2 Å². The number of carbonyl (C=O) groups is 1. The molecule has 0 aliphatic carbocycles. The first-order chi connectivity index (χ1) is 14.9. The van der Waals surface area contributed by atoms with Crippen LogP contribution < -0.4 is 9.46 Å². The molecule has 0 unspecified atom stereocenters. The molecule has 3 aromatic rings. The summed E-state index contributed by atoms with van der Waals surface area (Å²) in [5.41, 5.74) is -1.40. The molecule has 0 aromatic heterocycles. The lowest BCUT2D eigenvalue weighted by Crippen LogP contribution is -2.15. The number of halogens is 5. The van der Waals surface area contributed by atoms with Gasteiger partial charge in [0.15, 0.2) is 5.75 Å². The number of nitrogens with one attached hydrogen (secondary N) is 1. The minimum Gasteiger partial charge on any atom is -0.478 e. The Kier molecular flexibility index (Phi) is 6.59. The fourth-order valence-electron chi connectivity index (χ4n) is 2.55. The smallest absolute Gasteiger partial charge is 0.417 e. The number of ether oxygens (including phenoxy) is 1. The molecule has 6 nitrogen and oxygen atoms in total. The Hall–Kier alpha value is -2.95. The van der Waals surface area contributed by atoms with Gasteiger partial charge in [0, 0.05) is 11.1 Å². The van der Waals surface area contributed by atoms with Crippen LogP contribution in [0.3, 0.4) is 0 Å². The van der Waals surface area contributed by atoms with Gasteiger partial charge < -0.3 is 9.84 Å². The van der Waals surface area contributed by atoms with E-state index < -0.39 is 37.7 Å². The zero-order valence-corrected chi connectivity index (χ0v) is 18.0. The van der Waals surface area contributed by atoms with Crippen LogP contribution in [0.25, 0.3) is 0 Å². The van der Waals surface area contributed by atoms with Crippen molar-refractivity contribution < 1.29 is 36.2 Å². The molecular weight excluding hydrogens is 494 g/mol. The third-order valence-corrected chi connectivity index (χ3v) is 6.00. The largest absolute Gasteiger partial charge is 0.478 e. The minimum absolute atomic E-state index is 0.00702. The predicted molar refractivity (Wildman–Crippen MR) is 112 cm³/mol. The summed E-state index contributed by atoms with van der Waals surface area (Å²) in [6, 6.07) is 11.3. The number of hydrogen-bond acceptors (Lipinski definition) is 4. The van der Waals surface area contributed by atoms with Gasteiger partial charge in [0.25, 0.3) is 10.0 Å². The van der Waals surface area contributed by atoms with Crippen molar-refractivity contribution >= 4 is 44.9 Å². The SMILES string of the molecule is O=C(O)c1ccc(Oc2cc(Cl)ccc2NS(=O)(=O)c2ccc(Cl)c(C(F)(F)F)c2)cc1. The average Bonchev–Trinajstić information content (AvgIpc) is 2.69. The lowest BCUT2D eigenvalue weighted by molar-refractivity contribution is -0.137. The number of aromatic carboxylic acids is 1. The van der Waals surface area contributed by atoms with Crippen LogP contribution in [-0.4, -0.2) is 19.5 Å². The number of carboxylic acid groups (broad SMARTS) is 1. The quantitative estimate of drug-likeness (QED) is 0.409. The van der Waals surface area contributed by atoms with Gasteiger partial charge in [0.1, 0.15) is 5.75 Å². The van der Waals surface area contributed by atoms with Crippen molar-refractivity contribution in [3.8, 4) is 11.5 Å². The van der Waals surface area contributed by atoms with E-state index in [1.165, 1.54) is 42.5 Å². The van der Waals surface area contributed by atoms with E-state index in [1.807, 2.05) is 0 Å². The van der Waals surface area contributed by atoms with Gasteiger partial charge >= 0.3 is 12.1 Å². The second kappa shape index (κ2) is 8.89. The first-order valence-electron chi connectivity index (χ1n) is 8.57. The molecule has 168 valence electrons. The highest BCUT2D eigenvalue weighted by Gasteiger charge is 2.34. The summed E-state index contributed by atoms with van der Waals surface area (Å²) in [6.07, 6.45) is -4.85. The third kappa shape index (κ3) is 5.45. The normalized spacial score (nSPS) is 11.8. The van der Waals surface area contributed by atoms with Crippen LogP contribution in [0.4, 0.5) is 18.9 Å². The van der Waals surface area contributed by atoms with Gasteiger partial charge in [-0.1, -0.05) is 23.2 Å². The number of benzene rings is 3. The molecule has 0 aliphatic heterocycles. The number of carboxylic acids is 1. The monoisotopic (exact) mass is 505 g/mol. The van der Waals surface area contributed by atoms with Crippen molar-refractivity contribution in [1.82, 2.24) is 0 Å². The minimum atomic E-state index is -4.85. The van der Waals surface area contributed by atoms with Gasteiger partial charge in [-0.15, -0.1) is 0 Å². The van der Waals surface area contributed by atoms with Crippen LogP contribution in [0.1, 0.15) is 15.9 Å². The second-order valence-corrected chi connectivity index (χ2v) is 8.84. The fraction of sp³-hybridized carbons (Fsp3) is 0.0500. The van der Waals surface area contributed by atoms with Crippen LogP contribution in [0.5, 0.6) is 11.5 Å². The van der Waals surface area contributed by atoms with E-state index in [1.54, 1.807) is 0 Å². The molecule has 0 aliphatic rings. The molecule has 0 heterocycles. The molecule has 0 amide bonds. The van der Waals surface area contributed by atoms with Crippen LogP contribution in [0.15, 0.2) is 65.6 Å². The van der Waals surface area contributed by atoms with Crippen molar-refractivity contribution in [2.24, 2.45) is 0 Å². The lowest BCUT2D eigenvalue weighted by atomic mass is 10.2. The first-order valence-corrected chi connectivity index (χ1v) is 10.8. The van der Waals surface area contributed by atoms with Crippen molar-refractivity contribution in [1.29, 1.82) is 0 Å². The Bertz CT molecular complexity index is 1280. The molecule has 3 rings (SSSR count). The van der Waals surface area contributed by atoms with Gasteiger partial charge in [-0.05, 0) is 54.6 Å². The van der Waals surface area contributed by atoms with E-state index in [-0.39, 0.29) is 27.8 Å². The molecule has 0 atom stereocenters. The maximum atomic E-state index is 13.1. The first kappa shape index (κ1) is 23.7. The van der Waals surface area contributed by atoms with Gasteiger partial charge in [0.2, 0.25) is 0 Å². The third-order valence-electron chi connectivity index (χ3n) is 4.07. The van der Waals surface area contributed by atoms with E-state index in [0.717, 1.165) is 12.1 Å². The number of hydrogen-bond donors (Lipinski definition) is 2. The summed E-state index contributed by atoms with van der Waals surface area (Å²) >= 11 is 11.5. The van der Waals surface area contributed by atoms with Crippen molar-refractivity contribution in [2.45, 2.75) is 11.1 Å². The van der Waals surface area contributed by atoms with E-state index in [9.17, 15) is 26.4 Å². The highest BCUT2D eigenvalue weighted by molar-refractivity contribution is 7.92. The molecule has 12 heteroatoms. The Labute approximate surface area is 190 Å². The molecule has 0 spiro atoms. The maximum Gasteiger partial charge on any atom is 0.417 e. The molecule has 0 saturated heterocycles. The molecule has 32 heavy (non-hydrogen) atoms. The lowest BCUT2D eigenvalue weighted by Gasteiger charge is -2.15. The van der Waals surface area contributed by atoms with E-state index in [2.05, 4.69) is 4.72 Å². The van der Waals surface area contributed by atoms with E-state index in [4.69, 9.17) is 33.0 Å². The van der Waals surface area contributed by atoms with Crippen LogP contribution in [0, 0.1) is 0 Å². The number of sulfonamides is 1. The molecule has 0 bridgehead atoms. The van der Waals surface area contributed by atoms with E-state index >= 15 is 0 Å². The standard InChI is InChI=1S/C20H12Cl2F3NO5S/c21-12-3-8-17(18(9-12)31-13-4-1-11(2-5-13)19(27)28)26-32(29,30)14-6-7-16(22)15(10-14)20(23,24)25/h1-10,26H,(H,27,28). The van der Waals surface area contributed by atoms with Gasteiger partial charge in [0.05, 0.1) is 26.7 Å². The van der Waals surface area contributed by atoms with Crippen LogP contribution in [-0.2, 0) is 16.2 Å². The summed E-state index contributed by atoms with van der Waals surface area (Å²) in [7, 11) is -4.47. The van der Waals surface area contributed by atoms with Crippen molar-refractivity contribution in [3.63, 3.8) is 0 Å².